The number of esters is 2. The minimum atomic E-state index is -1.12. The molecule has 2 unspecified atom stereocenters. The lowest BCUT2D eigenvalue weighted by molar-refractivity contribution is -0.889. The first kappa shape index (κ1) is 57.3. The molecule has 59 heavy (non-hydrogen) atoms. The number of carbonyl (C=O) groups is 3. The van der Waals surface area contributed by atoms with E-state index in [1.165, 1.54) is 186 Å². The van der Waals surface area contributed by atoms with Crippen LogP contribution in [0.3, 0.4) is 0 Å². The molecule has 0 bridgehead atoms. The number of rotatable bonds is 47. The van der Waals surface area contributed by atoms with Crippen molar-refractivity contribution in [3.05, 3.63) is 0 Å². The van der Waals surface area contributed by atoms with Gasteiger partial charge in [0.05, 0.1) is 40.3 Å². The van der Waals surface area contributed by atoms with Crippen LogP contribution in [0.25, 0.3) is 0 Å². The number of hydrogen-bond donors (Lipinski definition) is 0. The highest BCUT2D eigenvalue weighted by Crippen LogP contribution is 2.17. The fourth-order valence-electron chi connectivity index (χ4n) is 8.02. The average molecular weight is 838 g/mol. The molecule has 0 spiro atoms. The fourth-order valence-corrected chi connectivity index (χ4v) is 8.02. The molecule has 0 aromatic heterocycles. The second-order valence-electron chi connectivity index (χ2n) is 18.8. The summed E-state index contributed by atoms with van der Waals surface area (Å²) in [5.74, 6) is -1.71. The summed E-state index contributed by atoms with van der Waals surface area (Å²) >= 11 is 0. The second kappa shape index (κ2) is 43.0. The van der Waals surface area contributed by atoms with Gasteiger partial charge in [0.1, 0.15) is 12.6 Å². The molecule has 0 aliphatic rings. The largest absolute Gasteiger partial charge is 0.544 e. The van der Waals surface area contributed by atoms with Gasteiger partial charge in [-0.1, -0.05) is 226 Å². The quantitative estimate of drug-likeness (QED) is 0.0342. The number of carboxylic acids is 1. The second-order valence-corrected chi connectivity index (χ2v) is 18.8. The van der Waals surface area contributed by atoms with Crippen molar-refractivity contribution in [2.45, 2.75) is 270 Å². The summed E-state index contributed by atoms with van der Waals surface area (Å²) in [5, 5.41) is 11.7. The lowest BCUT2D eigenvalue weighted by atomic mass is 10.0. The van der Waals surface area contributed by atoms with Crippen molar-refractivity contribution in [3.8, 4) is 0 Å². The van der Waals surface area contributed by atoms with Crippen molar-refractivity contribution >= 4 is 17.9 Å². The third kappa shape index (κ3) is 41.5. The predicted molar refractivity (Wildman–Crippen MR) is 245 cm³/mol. The lowest BCUT2D eigenvalue weighted by Gasteiger charge is -2.34. The Morgan fingerprint density at radius 3 is 1.05 bits per heavy atom. The summed E-state index contributed by atoms with van der Waals surface area (Å²) < 4.78 is 17.3. The standard InChI is InChI=1S/C51H99NO7/c1-6-8-10-12-14-16-18-20-22-24-25-26-28-30-32-34-36-38-40-42-50(54)59-47(45-57-44-43-48(51(55)56)52(3,4)5)46-58-49(53)41-39-37-35-33-31-29-27-23-21-19-17-15-13-11-9-7-2/h47-48H,6-46H2,1-5H3. The van der Waals surface area contributed by atoms with Crippen LogP contribution in [0.5, 0.6) is 0 Å². The van der Waals surface area contributed by atoms with Crippen molar-refractivity contribution in [1.29, 1.82) is 0 Å². The van der Waals surface area contributed by atoms with Crippen molar-refractivity contribution < 1.29 is 38.2 Å². The van der Waals surface area contributed by atoms with E-state index in [0.717, 1.165) is 38.5 Å². The van der Waals surface area contributed by atoms with E-state index in [9.17, 15) is 19.5 Å². The Labute approximate surface area is 366 Å². The molecule has 0 radical (unpaired) electrons. The summed E-state index contributed by atoms with van der Waals surface area (Å²) in [6.45, 7) is 4.72. The highest BCUT2D eigenvalue weighted by atomic mass is 16.6. The Morgan fingerprint density at radius 1 is 0.441 bits per heavy atom. The van der Waals surface area contributed by atoms with Crippen molar-refractivity contribution in [3.63, 3.8) is 0 Å². The van der Waals surface area contributed by atoms with Crippen molar-refractivity contribution in [1.82, 2.24) is 0 Å². The molecule has 0 amide bonds. The topological polar surface area (TPSA) is 102 Å². The number of aliphatic carboxylic acids is 1. The van der Waals surface area contributed by atoms with Crippen LogP contribution in [0.1, 0.15) is 258 Å². The third-order valence-electron chi connectivity index (χ3n) is 12.0. The Balaban J connectivity index is 4.19. The molecule has 8 nitrogen and oxygen atoms in total. The smallest absolute Gasteiger partial charge is 0.306 e. The maximum absolute atomic E-state index is 12.8. The zero-order chi connectivity index (χ0) is 43.5. The molecule has 0 heterocycles. The van der Waals surface area contributed by atoms with Gasteiger partial charge in [0.25, 0.3) is 0 Å². The van der Waals surface area contributed by atoms with Gasteiger partial charge in [0, 0.05) is 19.3 Å². The van der Waals surface area contributed by atoms with Gasteiger partial charge in [-0.05, 0) is 12.8 Å². The number of ether oxygens (including phenoxy) is 3. The van der Waals surface area contributed by atoms with Gasteiger partial charge in [-0.2, -0.15) is 0 Å². The maximum atomic E-state index is 12.8. The number of likely N-dealkylation sites (N-methyl/N-ethyl adjacent to an activating group) is 1. The van der Waals surface area contributed by atoms with Gasteiger partial charge < -0.3 is 28.6 Å². The van der Waals surface area contributed by atoms with Gasteiger partial charge in [-0.3, -0.25) is 9.59 Å². The predicted octanol–water partition coefficient (Wildman–Crippen LogP) is 13.1. The van der Waals surface area contributed by atoms with Gasteiger partial charge in [-0.25, -0.2) is 0 Å². The molecule has 0 fully saturated rings. The van der Waals surface area contributed by atoms with E-state index >= 15 is 0 Å². The molecule has 0 N–H and O–H groups in total. The molecular weight excluding hydrogens is 739 g/mol. The van der Waals surface area contributed by atoms with Crippen LogP contribution in [0.15, 0.2) is 0 Å². The maximum Gasteiger partial charge on any atom is 0.306 e. The molecule has 0 saturated carbocycles. The molecular formula is C51H99NO7. The molecule has 0 aromatic rings. The Morgan fingerprint density at radius 2 is 0.746 bits per heavy atom. The minimum absolute atomic E-state index is 0.0498. The van der Waals surface area contributed by atoms with Gasteiger partial charge in [0.2, 0.25) is 0 Å². The summed E-state index contributed by atoms with van der Waals surface area (Å²) in [6.07, 6.45) is 45.5. The average Bonchev–Trinajstić information content (AvgIpc) is 3.19. The zero-order valence-electron chi connectivity index (χ0n) is 40.0. The number of hydrogen-bond acceptors (Lipinski definition) is 7. The summed E-state index contributed by atoms with van der Waals surface area (Å²) in [7, 11) is 5.43. The van der Waals surface area contributed by atoms with Crippen LogP contribution in [-0.2, 0) is 28.6 Å². The Kier molecular flexibility index (Phi) is 41.8. The molecule has 350 valence electrons. The van der Waals surface area contributed by atoms with E-state index < -0.39 is 18.1 Å². The Hall–Kier alpha value is -1.67. The minimum Gasteiger partial charge on any atom is -0.544 e. The van der Waals surface area contributed by atoms with Crippen LogP contribution in [0.4, 0.5) is 0 Å². The first-order valence-corrected chi connectivity index (χ1v) is 25.6. The molecule has 0 saturated heterocycles. The van der Waals surface area contributed by atoms with Crippen LogP contribution < -0.4 is 5.11 Å². The van der Waals surface area contributed by atoms with Crippen LogP contribution in [-0.4, -0.2) is 75.5 Å². The van der Waals surface area contributed by atoms with E-state index in [0.29, 0.717) is 12.8 Å². The van der Waals surface area contributed by atoms with Gasteiger partial charge in [0.15, 0.2) is 6.10 Å². The number of quaternary nitrogens is 1. The first-order valence-electron chi connectivity index (χ1n) is 25.6. The highest BCUT2D eigenvalue weighted by Gasteiger charge is 2.25. The summed E-state index contributed by atoms with van der Waals surface area (Å²) in [4.78, 5) is 37.0. The van der Waals surface area contributed by atoms with E-state index in [1.807, 2.05) is 21.1 Å². The van der Waals surface area contributed by atoms with Crippen LogP contribution in [0, 0.1) is 0 Å². The van der Waals surface area contributed by atoms with Crippen LogP contribution in [0.2, 0.25) is 0 Å². The lowest BCUT2D eigenvalue weighted by Crippen LogP contribution is -2.55. The summed E-state index contributed by atoms with van der Waals surface area (Å²) in [6, 6.07) is -0.720. The van der Waals surface area contributed by atoms with Gasteiger partial charge in [-0.15, -0.1) is 0 Å². The zero-order valence-corrected chi connectivity index (χ0v) is 40.0. The highest BCUT2D eigenvalue weighted by molar-refractivity contribution is 5.70. The molecule has 0 rings (SSSR count). The number of unbranched alkanes of at least 4 members (excludes halogenated alkanes) is 33. The van der Waals surface area contributed by atoms with Crippen LogP contribution >= 0.6 is 0 Å². The van der Waals surface area contributed by atoms with Crippen molar-refractivity contribution in [2.75, 3.05) is 41.0 Å². The van der Waals surface area contributed by atoms with Gasteiger partial charge >= 0.3 is 11.9 Å². The Bertz CT molecular complexity index is 936. The third-order valence-corrected chi connectivity index (χ3v) is 12.0. The van der Waals surface area contributed by atoms with E-state index in [-0.39, 0.29) is 42.7 Å². The molecule has 8 heteroatoms. The normalized spacial score (nSPS) is 12.8. The number of carbonyl (C=O) groups excluding carboxylic acids is 3. The van der Waals surface area contributed by atoms with E-state index in [1.54, 1.807) is 0 Å². The SMILES string of the molecule is CCCCCCCCCCCCCCCCCCCCCC(=O)OC(COCCC(C(=O)[O-])[N+](C)(C)C)COC(=O)CCCCCCCCCCCCCCCCCC. The molecule has 2 atom stereocenters. The van der Waals surface area contributed by atoms with E-state index in [2.05, 4.69) is 13.8 Å². The monoisotopic (exact) mass is 838 g/mol. The first-order chi connectivity index (χ1) is 28.6. The summed E-state index contributed by atoms with van der Waals surface area (Å²) in [5.41, 5.74) is 0. The van der Waals surface area contributed by atoms with E-state index in [4.69, 9.17) is 14.2 Å². The fraction of sp³-hybridized carbons (Fsp3) is 0.941. The number of carboxylic acid groups (broad SMARTS) is 1. The molecule has 0 aliphatic carbocycles. The molecule has 0 aliphatic heterocycles. The number of nitrogens with zero attached hydrogens (tertiary/aromatic N) is 1. The van der Waals surface area contributed by atoms with Crippen molar-refractivity contribution in [2.24, 2.45) is 0 Å². The molecule has 0 aromatic carbocycles.